The summed E-state index contributed by atoms with van der Waals surface area (Å²) in [4.78, 5) is 12.5. The third-order valence-corrected chi connectivity index (χ3v) is 4.06. The van der Waals surface area contributed by atoms with E-state index in [0.717, 1.165) is 37.1 Å². The molecule has 2 rings (SSSR count). The molecule has 1 aromatic carbocycles. The summed E-state index contributed by atoms with van der Waals surface area (Å²) in [7, 11) is 1.65. The van der Waals surface area contributed by atoms with Gasteiger partial charge in [-0.3, -0.25) is 4.79 Å². The van der Waals surface area contributed by atoms with Gasteiger partial charge in [-0.2, -0.15) is 0 Å². The van der Waals surface area contributed by atoms with Crippen LogP contribution in [-0.2, 0) is 4.79 Å². The summed E-state index contributed by atoms with van der Waals surface area (Å²) in [5, 5.41) is 6.44. The SMILES string of the molecule is COc1cccc([C@@H](C)NC(=O)C2(C)CCCCN2)c1. The molecule has 1 unspecified atom stereocenters. The first kappa shape index (κ1) is 14.9. The van der Waals surface area contributed by atoms with Crippen LogP contribution in [0.4, 0.5) is 0 Å². The minimum Gasteiger partial charge on any atom is -0.497 e. The van der Waals surface area contributed by atoms with Gasteiger partial charge in [0.25, 0.3) is 0 Å². The number of hydrogen-bond donors (Lipinski definition) is 2. The summed E-state index contributed by atoms with van der Waals surface area (Å²) < 4.78 is 5.22. The predicted molar refractivity (Wildman–Crippen MR) is 79.8 cm³/mol. The van der Waals surface area contributed by atoms with Gasteiger partial charge >= 0.3 is 0 Å². The molecule has 4 nitrogen and oxygen atoms in total. The highest BCUT2D eigenvalue weighted by Crippen LogP contribution is 2.22. The van der Waals surface area contributed by atoms with E-state index in [0.29, 0.717) is 0 Å². The van der Waals surface area contributed by atoms with E-state index in [1.165, 1.54) is 0 Å². The largest absolute Gasteiger partial charge is 0.497 e. The van der Waals surface area contributed by atoms with Crippen LogP contribution in [0.25, 0.3) is 0 Å². The molecule has 0 saturated carbocycles. The Hall–Kier alpha value is -1.55. The van der Waals surface area contributed by atoms with Crippen molar-refractivity contribution in [2.24, 2.45) is 0 Å². The zero-order valence-corrected chi connectivity index (χ0v) is 12.5. The molecule has 1 aromatic rings. The van der Waals surface area contributed by atoms with Crippen LogP contribution < -0.4 is 15.4 Å². The maximum absolute atomic E-state index is 12.5. The smallest absolute Gasteiger partial charge is 0.240 e. The Bertz CT molecular complexity index is 467. The molecule has 1 fully saturated rings. The lowest BCUT2D eigenvalue weighted by Crippen LogP contribution is -2.57. The number of hydrogen-bond acceptors (Lipinski definition) is 3. The maximum atomic E-state index is 12.5. The normalized spacial score (nSPS) is 23.9. The van der Waals surface area contributed by atoms with Gasteiger partial charge in [0, 0.05) is 0 Å². The van der Waals surface area contributed by atoms with Gasteiger partial charge in [-0.15, -0.1) is 0 Å². The van der Waals surface area contributed by atoms with Crippen LogP contribution in [0.15, 0.2) is 24.3 Å². The van der Waals surface area contributed by atoms with E-state index >= 15 is 0 Å². The van der Waals surface area contributed by atoms with Crippen molar-refractivity contribution in [3.05, 3.63) is 29.8 Å². The van der Waals surface area contributed by atoms with Gasteiger partial charge < -0.3 is 15.4 Å². The van der Waals surface area contributed by atoms with Crippen LogP contribution in [0.2, 0.25) is 0 Å². The van der Waals surface area contributed by atoms with Crippen molar-refractivity contribution in [1.82, 2.24) is 10.6 Å². The van der Waals surface area contributed by atoms with Crippen molar-refractivity contribution in [3.63, 3.8) is 0 Å². The first-order valence-corrected chi connectivity index (χ1v) is 7.25. The number of carbonyl (C=O) groups is 1. The molecule has 1 aliphatic rings. The van der Waals surface area contributed by atoms with Gasteiger partial charge in [0.05, 0.1) is 18.7 Å². The van der Waals surface area contributed by atoms with E-state index in [9.17, 15) is 4.79 Å². The number of ether oxygens (including phenoxy) is 1. The van der Waals surface area contributed by atoms with Crippen LogP contribution in [0.1, 0.15) is 44.7 Å². The highest BCUT2D eigenvalue weighted by Gasteiger charge is 2.34. The summed E-state index contributed by atoms with van der Waals surface area (Å²) >= 11 is 0. The fraction of sp³-hybridized carbons (Fsp3) is 0.562. The number of rotatable bonds is 4. The van der Waals surface area contributed by atoms with Crippen molar-refractivity contribution >= 4 is 5.91 Å². The Morgan fingerprint density at radius 3 is 2.90 bits per heavy atom. The molecule has 0 aliphatic carbocycles. The zero-order chi connectivity index (χ0) is 14.6. The van der Waals surface area contributed by atoms with E-state index in [2.05, 4.69) is 10.6 Å². The Kier molecular flexibility index (Phi) is 4.65. The van der Waals surface area contributed by atoms with Crippen molar-refractivity contribution in [2.75, 3.05) is 13.7 Å². The Morgan fingerprint density at radius 1 is 1.45 bits per heavy atom. The molecule has 2 N–H and O–H groups in total. The van der Waals surface area contributed by atoms with E-state index in [1.807, 2.05) is 38.1 Å². The average molecular weight is 276 g/mol. The van der Waals surface area contributed by atoms with Crippen molar-refractivity contribution in [1.29, 1.82) is 0 Å². The summed E-state index contributed by atoms with van der Waals surface area (Å²) in [6, 6.07) is 7.78. The minimum absolute atomic E-state index is 0.0295. The fourth-order valence-electron chi connectivity index (χ4n) is 2.60. The molecule has 4 heteroatoms. The van der Waals surface area contributed by atoms with Crippen LogP contribution in [0.3, 0.4) is 0 Å². The molecule has 0 bridgehead atoms. The minimum atomic E-state index is -0.439. The van der Waals surface area contributed by atoms with Crippen LogP contribution in [-0.4, -0.2) is 25.1 Å². The highest BCUT2D eigenvalue weighted by molar-refractivity contribution is 5.86. The standard InChI is InChI=1S/C16H24N2O2/c1-12(13-7-6-8-14(11-13)20-3)18-15(19)16(2)9-4-5-10-17-16/h6-8,11-12,17H,4-5,9-10H2,1-3H3,(H,18,19)/t12-,16?/m1/s1. The van der Waals surface area contributed by atoms with Gasteiger partial charge in [0.15, 0.2) is 0 Å². The Labute approximate surface area is 120 Å². The molecule has 0 spiro atoms. The fourth-order valence-corrected chi connectivity index (χ4v) is 2.60. The molecule has 0 aromatic heterocycles. The lowest BCUT2D eigenvalue weighted by Gasteiger charge is -2.34. The van der Waals surface area contributed by atoms with Crippen LogP contribution in [0.5, 0.6) is 5.75 Å². The molecule has 1 heterocycles. The first-order valence-electron chi connectivity index (χ1n) is 7.25. The zero-order valence-electron chi connectivity index (χ0n) is 12.5. The van der Waals surface area contributed by atoms with E-state index in [1.54, 1.807) is 7.11 Å². The molecule has 2 atom stereocenters. The van der Waals surface area contributed by atoms with Gasteiger partial charge in [0.2, 0.25) is 5.91 Å². The number of piperidine rings is 1. The van der Waals surface area contributed by atoms with Gasteiger partial charge in [-0.1, -0.05) is 12.1 Å². The molecule has 110 valence electrons. The summed E-state index contributed by atoms with van der Waals surface area (Å²) in [6.07, 6.45) is 3.14. The lowest BCUT2D eigenvalue weighted by molar-refractivity contribution is -0.128. The number of nitrogens with one attached hydrogen (secondary N) is 2. The summed E-state index contributed by atoms with van der Waals surface area (Å²) in [5.41, 5.74) is 0.614. The van der Waals surface area contributed by atoms with Gasteiger partial charge in [-0.25, -0.2) is 0 Å². The molecule has 20 heavy (non-hydrogen) atoms. The molecule has 0 radical (unpaired) electrons. The quantitative estimate of drug-likeness (QED) is 0.888. The molecule has 1 saturated heterocycles. The number of carbonyl (C=O) groups excluding carboxylic acids is 1. The second-order valence-corrected chi connectivity index (χ2v) is 5.69. The second-order valence-electron chi connectivity index (χ2n) is 5.69. The summed E-state index contributed by atoms with van der Waals surface area (Å²) in [5.74, 6) is 0.887. The predicted octanol–water partition coefficient (Wildman–Crippen LogP) is 2.40. The third kappa shape index (κ3) is 3.31. The molecule has 1 aliphatic heterocycles. The van der Waals surface area contributed by atoms with Gasteiger partial charge in [0.1, 0.15) is 5.75 Å². The maximum Gasteiger partial charge on any atom is 0.240 e. The van der Waals surface area contributed by atoms with E-state index < -0.39 is 5.54 Å². The van der Waals surface area contributed by atoms with Crippen molar-refractivity contribution < 1.29 is 9.53 Å². The number of benzene rings is 1. The average Bonchev–Trinajstić information content (AvgIpc) is 2.48. The second kappa shape index (κ2) is 6.27. The number of methoxy groups -OCH3 is 1. The van der Waals surface area contributed by atoms with Crippen LogP contribution in [0, 0.1) is 0 Å². The molecular formula is C16H24N2O2. The summed E-state index contributed by atoms with van der Waals surface area (Å²) in [6.45, 7) is 4.90. The number of amides is 1. The lowest BCUT2D eigenvalue weighted by atomic mass is 9.89. The highest BCUT2D eigenvalue weighted by atomic mass is 16.5. The first-order chi connectivity index (χ1) is 9.55. The van der Waals surface area contributed by atoms with Gasteiger partial charge in [-0.05, 0) is 57.4 Å². The monoisotopic (exact) mass is 276 g/mol. The topological polar surface area (TPSA) is 50.4 Å². The van der Waals surface area contributed by atoms with Crippen LogP contribution >= 0.6 is 0 Å². The molecule has 1 amide bonds. The Morgan fingerprint density at radius 2 is 2.25 bits per heavy atom. The van der Waals surface area contributed by atoms with E-state index in [4.69, 9.17) is 4.74 Å². The van der Waals surface area contributed by atoms with E-state index in [-0.39, 0.29) is 11.9 Å². The molecular weight excluding hydrogens is 252 g/mol. The Balaban J connectivity index is 2.02. The van der Waals surface area contributed by atoms with Crippen molar-refractivity contribution in [3.8, 4) is 5.75 Å². The van der Waals surface area contributed by atoms with Crippen molar-refractivity contribution in [2.45, 2.75) is 44.7 Å². The third-order valence-electron chi connectivity index (χ3n) is 4.06.